The molecule has 0 aliphatic heterocycles. The number of ether oxygens (including phenoxy) is 2. The van der Waals surface area contributed by atoms with Gasteiger partial charge in [0.05, 0.1) is 25.6 Å². The lowest BCUT2D eigenvalue weighted by atomic mass is 10.1. The van der Waals surface area contributed by atoms with Gasteiger partial charge in [-0.2, -0.15) is 5.10 Å². The molecule has 0 bridgehead atoms. The van der Waals surface area contributed by atoms with Crippen molar-refractivity contribution in [2.24, 2.45) is 0 Å². The lowest BCUT2D eigenvalue weighted by Gasteiger charge is -2.12. The van der Waals surface area contributed by atoms with Crippen LogP contribution >= 0.6 is 0 Å². The SMILES string of the molecule is CCn1nc(C)c(CCNC(=O)Nc2cc(OC)ccc2OC)c1C. The molecule has 2 N–H and O–H groups in total. The Balaban J connectivity index is 1.94. The van der Waals surface area contributed by atoms with Gasteiger partial charge in [-0.05, 0) is 44.9 Å². The van der Waals surface area contributed by atoms with E-state index >= 15 is 0 Å². The van der Waals surface area contributed by atoms with Gasteiger partial charge >= 0.3 is 6.03 Å². The number of carbonyl (C=O) groups excluding carboxylic acids is 1. The predicted octanol–water partition coefficient (Wildman–Crippen LogP) is 2.90. The van der Waals surface area contributed by atoms with Crippen LogP contribution in [0.3, 0.4) is 0 Å². The molecule has 2 aromatic rings. The number of rotatable bonds is 7. The van der Waals surface area contributed by atoms with Crippen LogP contribution < -0.4 is 20.1 Å². The molecule has 0 unspecified atom stereocenters. The molecule has 7 heteroatoms. The minimum Gasteiger partial charge on any atom is -0.497 e. The molecule has 0 aliphatic rings. The number of nitrogens with zero attached hydrogens (tertiary/aromatic N) is 2. The predicted molar refractivity (Wildman–Crippen MR) is 97.6 cm³/mol. The first-order valence-corrected chi connectivity index (χ1v) is 8.29. The number of carbonyl (C=O) groups is 1. The van der Waals surface area contributed by atoms with Crippen LogP contribution in [0, 0.1) is 13.8 Å². The first-order chi connectivity index (χ1) is 12.0. The standard InChI is InChI=1S/C18H26N4O3/c1-6-22-13(3)15(12(2)21-22)9-10-19-18(23)20-16-11-14(24-4)7-8-17(16)25-5/h7-8,11H,6,9-10H2,1-5H3,(H2,19,20,23). The van der Waals surface area contributed by atoms with Crippen molar-refractivity contribution in [3.63, 3.8) is 0 Å². The van der Waals surface area contributed by atoms with E-state index in [0.29, 0.717) is 23.7 Å². The van der Waals surface area contributed by atoms with Crippen LogP contribution in [0.1, 0.15) is 23.9 Å². The summed E-state index contributed by atoms with van der Waals surface area (Å²) in [6.45, 7) is 7.48. The van der Waals surface area contributed by atoms with Gasteiger partial charge in [0.1, 0.15) is 11.5 Å². The Labute approximate surface area is 148 Å². The molecule has 7 nitrogen and oxygen atoms in total. The second kappa shape index (κ2) is 8.41. The highest BCUT2D eigenvalue weighted by Gasteiger charge is 2.12. The van der Waals surface area contributed by atoms with E-state index in [1.165, 1.54) is 5.56 Å². The van der Waals surface area contributed by atoms with E-state index in [-0.39, 0.29) is 6.03 Å². The maximum atomic E-state index is 12.2. The molecule has 1 heterocycles. The number of amides is 2. The second-order valence-electron chi connectivity index (χ2n) is 5.66. The molecule has 0 radical (unpaired) electrons. The smallest absolute Gasteiger partial charge is 0.319 e. The van der Waals surface area contributed by atoms with Crippen LogP contribution in [0.25, 0.3) is 0 Å². The Morgan fingerprint density at radius 3 is 2.60 bits per heavy atom. The van der Waals surface area contributed by atoms with Gasteiger partial charge in [-0.15, -0.1) is 0 Å². The molecule has 0 spiro atoms. The Kier molecular flexibility index (Phi) is 6.27. The topological polar surface area (TPSA) is 77.4 Å². The summed E-state index contributed by atoms with van der Waals surface area (Å²) >= 11 is 0. The zero-order valence-electron chi connectivity index (χ0n) is 15.5. The quantitative estimate of drug-likeness (QED) is 0.808. The van der Waals surface area contributed by atoms with Crippen LogP contribution in [0.4, 0.5) is 10.5 Å². The fourth-order valence-electron chi connectivity index (χ4n) is 2.78. The Bertz CT molecular complexity index is 740. The molecule has 0 atom stereocenters. The number of hydrogen-bond donors (Lipinski definition) is 2. The molecule has 0 saturated heterocycles. The monoisotopic (exact) mass is 346 g/mol. The molecule has 25 heavy (non-hydrogen) atoms. The van der Waals surface area contributed by atoms with Crippen molar-refractivity contribution in [1.29, 1.82) is 0 Å². The molecule has 2 rings (SSSR count). The van der Waals surface area contributed by atoms with E-state index in [2.05, 4.69) is 29.6 Å². The Morgan fingerprint density at radius 2 is 2.00 bits per heavy atom. The van der Waals surface area contributed by atoms with Crippen LogP contribution in [0.5, 0.6) is 11.5 Å². The summed E-state index contributed by atoms with van der Waals surface area (Å²) in [5, 5.41) is 10.2. The number of hydrogen-bond acceptors (Lipinski definition) is 4. The normalized spacial score (nSPS) is 10.4. The first-order valence-electron chi connectivity index (χ1n) is 8.29. The number of anilines is 1. The number of aryl methyl sites for hydroxylation is 2. The zero-order chi connectivity index (χ0) is 18.4. The van der Waals surface area contributed by atoms with Crippen molar-refractivity contribution >= 4 is 11.7 Å². The number of benzene rings is 1. The minimum absolute atomic E-state index is 0.287. The van der Waals surface area contributed by atoms with Crippen LogP contribution in [0.15, 0.2) is 18.2 Å². The maximum absolute atomic E-state index is 12.2. The van der Waals surface area contributed by atoms with Crippen molar-refractivity contribution < 1.29 is 14.3 Å². The molecule has 0 aliphatic carbocycles. The average Bonchev–Trinajstić information content (AvgIpc) is 2.89. The van der Waals surface area contributed by atoms with Gasteiger partial charge < -0.3 is 20.1 Å². The lowest BCUT2D eigenvalue weighted by molar-refractivity contribution is 0.252. The molecular weight excluding hydrogens is 320 g/mol. The second-order valence-corrected chi connectivity index (χ2v) is 5.66. The summed E-state index contributed by atoms with van der Waals surface area (Å²) in [6.07, 6.45) is 0.736. The molecule has 1 aromatic heterocycles. The van der Waals surface area contributed by atoms with Gasteiger partial charge in [-0.1, -0.05) is 0 Å². The molecular formula is C18H26N4O3. The Morgan fingerprint density at radius 1 is 1.24 bits per heavy atom. The summed E-state index contributed by atoms with van der Waals surface area (Å²) in [4.78, 5) is 12.2. The fourth-order valence-corrected chi connectivity index (χ4v) is 2.78. The van der Waals surface area contributed by atoms with E-state index in [9.17, 15) is 4.79 Å². The Hall–Kier alpha value is -2.70. The number of urea groups is 1. The van der Waals surface area contributed by atoms with E-state index in [4.69, 9.17) is 9.47 Å². The van der Waals surface area contributed by atoms with Crippen LogP contribution in [0.2, 0.25) is 0 Å². The van der Waals surface area contributed by atoms with Gasteiger partial charge in [0, 0.05) is 24.8 Å². The van der Waals surface area contributed by atoms with Crippen molar-refractivity contribution in [3.8, 4) is 11.5 Å². The van der Waals surface area contributed by atoms with Crippen molar-refractivity contribution in [2.45, 2.75) is 33.7 Å². The number of nitrogens with one attached hydrogen (secondary N) is 2. The summed E-state index contributed by atoms with van der Waals surface area (Å²) in [6, 6.07) is 4.96. The number of methoxy groups -OCH3 is 2. The summed E-state index contributed by atoms with van der Waals surface area (Å²) in [7, 11) is 3.13. The van der Waals surface area contributed by atoms with Gasteiger partial charge in [-0.3, -0.25) is 4.68 Å². The van der Waals surface area contributed by atoms with E-state index in [1.807, 2.05) is 11.6 Å². The largest absolute Gasteiger partial charge is 0.497 e. The third kappa shape index (κ3) is 4.43. The summed E-state index contributed by atoms with van der Waals surface area (Å²) in [5.74, 6) is 1.22. The van der Waals surface area contributed by atoms with E-state index in [1.54, 1.807) is 32.4 Å². The highest BCUT2D eigenvalue weighted by Crippen LogP contribution is 2.28. The first kappa shape index (κ1) is 18.6. The molecule has 0 saturated carbocycles. The minimum atomic E-state index is -0.287. The third-order valence-corrected chi connectivity index (χ3v) is 4.15. The highest BCUT2D eigenvalue weighted by molar-refractivity contribution is 5.91. The maximum Gasteiger partial charge on any atom is 0.319 e. The van der Waals surface area contributed by atoms with Crippen LogP contribution in [-0.2, 0) is 13.0 Å². The van der Waals surface area contributed by atoms with Gasteiger partial charge in [0.25, 0.3) is 0 Å². The summed E-state index contributed by atoms with van der Waals surface area (Å²) in [5.41, 5.74) is 3.90. The van der Waals surface area contributed by atoms with Gasteiger partial charge in [-0.25, -0.2) is 4.79 Å². The highest BCUT2D eigenvalue weighted by atomic mass is 16.5. The third-order valence-electron chi connectivity index (χ3n) is 4.15. The lowest BCUT2D eigenvalue weighted by Crippen LogP contribution is -2.30. The number of aromatic nitrogens is 2. The van der Waals surface area contributed by atoms with E-state index < -0.39 is 0 Å². The molecule has 2 amide bonds. The van der Waals surface area contributed by atoms with E-state index in [0.717, 1.165) is 24.4 Å². The van der Waals surface area contributed by atoms with Gasteiger partial charge in [0.15, 0.2) is 0 Å². The van der Waals surface area contributed by atoms with Crippen molar-refractivity contribution in [3.05, 3.63) is 35.2 Å². The molecule has 136 valence electrons. The summed E-state index contributed by atoms with van der Waals surface area (Å²) < 4.78 is 12.4. The average molecular weight is 346 g/mol. The molecule has 0 fully saturated rings. The van der Waals surface area contributed by atoms with Crippen molar-refractivity contribution in [2.75, 3.05) is 26.1 Å². The van der Waals surface area contributed by atoms with Crippen LogP contribution in [-0.4, -0.2) is 36.6 Å². The van der Waals surface area contributed by atoms with Gasteiger partial charge in [0.2, 0.25) is 0 Å². The fraction of sp³-hybridized carbons (Fsp3) is 0.444. The zero-order valence-corrected chi connectivity index (χ0v) is 15.5. The molecule has 1 aromatic carbocycles. The van der Waals surface area contributed by atoms with Crippen molar-refractivity contribution in [1.82, 2.24) is 15.1 Å².